The van der Waals surface area contributed by atoms with Crippen LogP contribution in [-0.4, -0.2) is 39.4 Å². The second-order valence-corrected chi connectivity index (χ2v) is 7.67. The molecular formula is C17H24N4O3S. The molecule has 1 aromatic carbocycles. The minimum absolute atomic E-state index is 0.334. The maximum atomic E-state index is 11.4. The highest BCUT2D eigenvalue weighted by molar-refractivity contribution is 7.90. The molecule has 25 heavy (non-hydrogen) atoms. The van der Waals surface area contributed by atoms with Crippen molar-refractivity contribution in [2.24, 2.45) is 4.99 Å². The van der Waals surface area contributed by atoms with E-state index >= 15 is 0 Å². The van der Waals surface area contributed by atoms with Crippen molar-refractivity contribution in [2.45, 2.75) is 31.2 Å². The van der Waals surface area contributed by atoms with E-state index in [0.29, 0.717) is 23.9 Å². The van der Waals surface area contributed by atoms with Crippen LogP contribution in [0.25, 0.3) is 0 Å². The van der Waals surface area contributed by atoms with Gasteiger partial charge in [-0.15, -0.1) is 0 Å². The largest absolute Gasteiger partial charge is 0.359 e. The van der Waals surface area contributed by atoms with E-state index in [4.69, 9.17) is 4.52 Å². The molecule has 0 aliphatic heterocycles. The summed E-state index contributed by atoms with van der Waals surface area (Å²) in [5, 5.41) is 10.3. The van der Waals surface area contributed by atoms with Crippen LogP contribution in [-0.2, 0) is 29.2 Å². The third kappa shape index (κ3) is 5.90. The molecule has 0 aliphatic rings. The summed E-state index contributed by atoms with van der Waals surface area (Å²) < 4.78 is 28.1. The van der Waals surface area contributed by atoms with Crippen LogP contribution in [0.1, 0.15) is 23.9 Å². The molecule has 0 fully saturated rings. The molecule has 136 valence electrons. The first-order chi connectivity index (χ1) is 11.9. The number of hydrogen-bond acceptors (Lipinski definition) is 5. The number of nitrogens with one attached hydrogen (secondary N) is 2. The molecule has 7 nitrogen and oxygen atoms in total. The molecule has 0 radical (unpaired) electrons. The zero-order valence-corrected chi connectivity index (χ0v) is 15.6. The molecule has 0 saturated heterocycles. The maximum absolute atomic E-state index is 11.4. The minimum Gasteiger partial charge on any atom is -0.359 e. The van der Waals surface area contributed by atoms with Crippen LogP contribution in [0.15, 0.2) is 44.7 Å². The first-order valence-electron chi connectivity index (χ1n) is 8.10. The average molecular weight is 364 g/mol. The van der Waals surface area contributed by atoms with Crippen molar-refractivity contribution in [2.75, 3.05) is 19.8 Å². The molecule has 0 spiro atoms. The highest BCUT2D eigenvalue weighted by Gasteiger charge is 2.07. The predicted molar refractivity (Wildman–Crippen MR) is 97.3 cm³/mol. The molecule has 1 heterocycles. The Morgan fingerprint density at radius 1 is 1.24 bits per heavy atom. The van der Waals surface area contributed by atoms with Crippen LogP contribution >= 0.6 is 0 Å². The van der Waals surface area contributed by atoms with Crippen molar-refractivity contribution in [1.29, 1.82) is 0 Å². The van der Waals surface area contributed by atoms with Gasteiger partial charge in [0, 0.05) is 25.9 Å². The fourth-order valence-corrected chi connectivity index (χ4v) is 2.86. The van der Waals surface area contributed by atoms with E-state index in [1.165, 1.54) is 6.26 Å². The number of aromatic nitrogens is 1. The van der Waals surface area contributed by atoms with Crippen LogP contribution in [0.2, 0.25) is 0 Å². The van der Waals surface area contributed by atoms with Gasteiger partial charge in [-0.2, -0.15) is 0 Å². The van der Waals surface area contributed by atoms with E-state index < -0.39 is 9.84 Å². The summed E-state index contributed by atoms with van der Waals surface area (Å²) in [6.45, 7) is 3.21. The second-order valence-electron chi connectivity index (χ2n) is 5.66. The van der Waals surface area contributed by atoms with Gasteiger partial charge in [0.1, 0.15) is 0 Å². The predicted octanol–water partition coefficient (Wildman–Crippen LogP) is 1.55. The van der Waals surface area contributed by atoms with E-state index in [1.54, 1.807) is 19.2 Å². The molecule has 2 aromatic rings. The second kappa shape index (κ2) is 8.66. The Kier molecular flexibility index (Phi) is 6.58. The topological polar surface area (TPSA) is 96.6 Å². The fourth-order valence-electron chi connectivity index (χ4n) is 2.23. The average Bonchev–Trinajstić information content (AvgIpc) is 3.05. The van der Waals surface area contributed by atoms with Gasteiger partial charge in [-0.05, 0) is 30.5 Å². The number of sulfone groups is 1. The van der Waals surface area contributed by atoms with Crippen LogP contribution in [0.4, 0.5) is 0 Å². The van der Waals surface area contributed by atoms with Gasteiger partial charge in [-0.25, -0.2) is 8.42 Å². The standard InChI is InChI=1S/C17H24N4O3S/c1-4-14-11-15(24-21-14)12-20-17(18-2)19-10-9-13-5-7-16(8-6-13)25(3,22)23/h5-8,11H,4,9-10,12H2,1-3H3,(H2,18,19,20). The van der Waals surface area contributed by atoms with Crippen molar-refractivity contribution >= 4 is 15.8 Å². The van der Waals surface area contributed by atoms with Crippen LogP contribution < -0.4 is 10.6 Å². The molecular weight excluding hydrogens is 340 g/mol. The van der Waals surface area contributed by atoms with Crippen LogP contribution in [0, 0.1) is 0 Å². The van der Waals surface area contributed by atoms with Crippen molar-refractivity contribution in [3.8, 4) is 0 Å². The molecule has 0 bridgehead atoms. The number of guanidine groups is 1. The quantitative estimate of drug-likeness (QED) is 0.571. The Bertz CT molecular complexity index is 811. The normalized spacial score (nSPS) is 12.2. The molecule has 1 aromatic heterocycles. The van der Waals surface area contributed by atoms with E-state index in [2.05, 4.69) is 20.8 Å². The van der Waals surface area contributed by atoms with E-state index in [-0.39, 0.29) is 0 Å². The summed E-state index contributed by atoms with van der Waals surface area (Å²) in [5.74, 6) is 1.43. The minimum atomic E-state index is -3.15. The number of aryl methyl sites for hydroxylation is 1. The third-order valence-corrected chi connectivity index (χ3v) is 4.81. The Morgan fingerprint density at radius 3 is 2.52 bits per heavy atom. The van der Waals surface area contributed by atoms with E-state index in [1.807, 2.05) is 25.1 Å². The van der Waals surface area contributed by atoms with Crippen molar-refractivity contribution in [1.82, 2.24) is 15.8 Å². The molecule has 8 heteroatoms. The van der Waals surface area contributed by atoms with Gasteiger partial charge >= 0.3 is 0 Å². The van der Waals surface area contributed by atoms with Gasteiger partial charge in [0.25, 0.3) is 0 Å². The van der Waals surface area contributed by atoms with Gasteiger partial charge < -0.3 is 15.2 Å². The molecule has 0 unspecified atom stereocenters. The lowest BCUT2D eigenvalue weighted by Gasteiger charge is -2.10. The van der Waals surface area contributed by atoms with Crippen LogP contribution in [0.3, 0.4) is 0 Å². The third-order valence-electron chi connectivity index (χ3n) is 3.68. The van der Waals surface area contributed by atoms with E-state index in [9.17, 15) is 8.42 Å². The highest BCUT2D eigenvalue weighted by Crippen LogP contribution is 2.10. The first-order valence-corrected chi connectivity index (χ1v) is 9.99. The Labute approximate surface area is 148 Å². The lowest BCUT2D eigenvalue weighted by molar-refractivity contribution is 0.374. The zero-order chi connectivity index (χ0) is 18.3. The van der Waals surface area contributed by atoms with Crippen molar-refractivity contribution in [3.05, 3.63) is 47.3 Å². The Morgan fingerprint density at radius 2 is 1.96 bits per heavy atom. The number of nitrogens with zero attached hydrogens (tertiary/aromatic N) is 2. The number of hydrogen-bond donors (Lipinski definition) is 2. The zero-order valence-electron chi connectivity index (χ0n) is 14.7. The Balaban J connectivity index is 1.79. The van der Waals surface area contributed by atoms with Gasteiger partial charge in [-0.3, -0.25) is 4.99 Å². The molecule has 0 amide bonds. The van der Waals surface area contributed by atoms with Crippen molar-refractivity contribution in [3.63, 3.8) is 0 Å². The summed E-state index contributed by atoms with van der Waals surface area (Å²) in [6, 6.07) is 8.84. The number of rotatable bonds is 7. The SMILES string of the molecule is CCc1cc(CNC(=NC)NCCc2ccc(S(C)(=O)=O)cc2)on1. The van der Waals surface area contributed by atoms with Gasteiger partial charge in [0.15, 0.2) is 21.6 Å². The lowest BCUT2D eigenvalue weighted by Crippen LogP contribution is -2.37. The molecule has 0 aliphatic carbocycles. The summed E-state index contributed by atoms with van der Waals surface area (Å²) in [6.07, 6.45) is 2.80. The summed E-state index contributed by atoms with van der Waals surface area (Å²) in [5.41, 5.74) is 1.98. The van der Waals surface area contributed by atoms with Gasteiger partial charge in [-0.1, -0.05) is 24.2 Å². The smallest absolute Gasteiger partial charge is 0.191 e. The number of aliphatic imine (C=N–C) groups is 1. The lowest BCUT2D eigenvalue weighted by atomic mass is 10.1. The summed E-state index contributed by atoms with van der Waals surface area (Å²) in [7, 11) is -1.45. The molecule has 0 atom stereocenters. The monoisotopic (exact) mass is 364 g/mol. The molecule has 0 saturated carbocycles. The fraction of sp³-hybridized carbons (Fsp3) is 0.412. The summed E-state index contributed by atoms with van der Waals surface area (Å²) in [4.78, 5) is 4.49. The summed E-state index contributed by atoms with van der Waals surface area (Å²) >= 11 is 0. The molecule has 2 rings (SSSR count). The number of benzene rings is 1. The van der Waals surface area contributed by atoms with E-state index in [0.717, 1.165) is 29.9 Å². The Hall–Kier alpha value is -2.35. The van der Waals surface area contributed by atoms with Gasteiger partial charge in [0.2, 0.25) is 0 Å². The van der Waals surface area contributed by atoms with Crippen molar-refractivity contribution < 1.29 is 12.9 Å². The highest BCUT2D eigenvalue weighted by atomic mass is 32.2. The maximum Gasteiger partial charge on any atom is 0.191 e. The molecule has 2 N–H and O–H groups in total. The first kappa shape index (κ1) is 19.0. The van der Waals surface area contributed by atoms with Gasteiger partial charge in [0.05, 0.1) is 17.1 Å². The van der Waals surface area contributed by atoms with Crippen LogP contribution in [0.5, 0.6) is 0 Å².